The van der Waals surface area contributed by atoms with Crippen LogP contribution < -0.4 is 0 Å². The standard InChI is InChI=1S/C17H25F2NO4/c18-16-11-15(12-17(19)13-16)14-20-1-3-21-5-7-23-9-10-24-8-6-22-4-2-20/h11-13H,1-10,14H2. The van der Waals surface area contributed by atoms with Gasteiger partial charge in [0.2, 0.25) is 0 Å². The van der Waals surface area contributed by atoms with Gasteiger partial charge < -0.3 is 18.9 Å². The Bertz CT molecular complexity index is 440. The second-order valence-corrected chi connectivity index (χ2v) is 5.50. The van der Waals surface area contributed by atoms with E-state index in [2.05, 4.69) is 4.90 Å². The van der Waals surface area contributed by atoms with E-state index in [1.165, 1.54) is 12.1 Å². The molecule has 5 nitrogen and oxygen atoms in total. The van der Waals surface area contributed by atoms with E-state index < -0.39 is 11.6 Å². The summed E-state index contributed by atoms with van der Waals surface area (Å²) in [6.07, 6.45) is 0. The van der Waals surface area contributed by atoms with E-state index in [0.717, 1.165) is 6.07 Å². The van der Waals surface area contributed by atoms with Crippen molar-refractivity contribution in [2.75, 3.05) is 65.9 Å². The molecule has 0 aliphatic carbocycles. The number of nitrogens with zero attached hydrogens (tertiary/aromatic N) is 1. The second-order valence-electron chi connectivity index (χ2n) is 5.50. The van der Waals surface area contributed by atoms with Crippen LogP contribution in [0.25, 0.3) is 0 Å². The molecule has 1 aromatic carbocycles. The predicted molar refractivity (Wildman–Crippen MR) is 84.9 cm³/mol. The SMILES string of the molecule is Fc1cc(F)cc(CN2CCOCCOCCOCCOCC2)c1. The summed E-state index contributed by atoms with van der Waals surface area (Å²) in [4.78, 5) is 2.05. The van der Waals surface area contributed by atoms with Gasteiger partial charge in [0.1, 0.15) is 11.6 Å². The molecule has 7 heteroatoms. The second kappa shape index (κ2) is 11.4. The molecule has 0 radical (unpaired) electrons. The average Bonchev–Trinajstić information content (AvgIpc) is 2.54. The Morgan fingerprint density at radius 3 is 1.54 bits per heavy atom. The zero-order chi connectivity index (χ0) is 17.0. The van der Waals surface area contributed by atoms with E-state index in [1.807, 2.05) is 0 Å². The van der Waals surface area contributed by atoms with Crippen molar-refractivity contribution in [3.63, 3.8) is 0 Å². The number of rotatable bonds is 2. The van der Waals surface area contributed by atoms with Crippen molar-refractivity contribution < 1.29 is 27.7 Å². The van der Waals surface area contributed by atoms with Gasteiger partial charge >= 0.3 is 0 Å². The number of ether oxygens (including phenoxy) is 4. The lowest BCUT2D eigenvalue weighted by molar-refractivity contribution is 0.00206. The van der Waals surface area contributed by atoms with Crippen LogP contribution in [0, 0.1) is 11.6 Å². The lowest BCUT2D eigenvalue weighted by Crippen LogP contribution is -2.31. The van der Waals surface area contributed by atoms with Gasteiger partial charge in [-0.1, -0.05) is 0 Å². The summed E-state index contributed by atoms with van der Waals surface area (Å²) in [6, 6.07) is 3.57. The van der Waals surface area contributed by atoms with Crippen LogP contribution in [0.3, 0.4) is 0 Å². The molecular formula is C17H25F2NO4. The summed E-state index contributed by atoms with van der Waals surface area (Å²) >= 11 is 0. The molecule has 1 heterocycles. The van der Waals surface area contributed by atoms with Crippen LogP contribution >= 0.6 is 0 Å². The normalized spacial score (nSPS) is 20.2. The van der Waals surface area contributed by atoms with Crippen LogP contribution in [0.15, 0.2) is 18.2 Å². The monoisotopic (exact) mass is 345 g/mol. The number of benzene rings is 1. The van der Waals surface area contributed by atoms with E-state index in [0.29, 0.717) is 78.1 Å². The van der Waals surface area contributed by atoms with Crippen LogP contribution in [-0.2, 0) is 25.5 Å². The van der Waals surface area contributed by atoms with Gasteiger partial charge in [0.15, 0.2) is 0 Å². The molecule has 0 spiro atoms. The molecule has 1 saturated heterocycles. The van der Waals surface area contributed by atoms with E-state index in [1.54, 1.807) is 0 Å². The zero-order valence-corrected chi connectivity index (χ0v) is 13.8. The molecule has 0 atom stereocenters. The van der Waals surface area contributed by atoms with E-state index >= 15 is 0 Å². The summed E-state index contributed by atoms with van der Waals surface area (Å²) in [6.45, 7) is 5.95. The first kappa shape index (κ1) is 19.2. The van der Waals surface area contributed by atoms with Crippen LogP contribution in [0.5, 0.6) is 0 Å². The number of hydrogen-bond donors (Lipinski definition) is 0. The summed E-state index contributed by atoms with van der Waals surface area (Å²) in [7, 11) is 0. The molecule has 0 bridgehead atoms. The minimum absolute atomic E-state index is 0.439. The van der Waals surface area contributed by atoms with E-state index in [9.17, 15) is 8.78 Å². The van der Waals surface area contributed by atoms with Gasteiger partial charge in [0, 0.05) is 25.7 Å². The Labute approximate surface area is 141 Å². The first-order chi connectivity index (χ1) is 11.7. The maximum Gasteiger partial charge on any atom is 0.126 e. The fourth-order valence-electron chi connectivity index (χ4n) is 2.38. The van der Waals surface area contributed by atoms with E-state index in [-0.39, 0.29) is 0 Å². The molecule has 136 valence electrons. The van der Waals surface area contributed by atoms with Gasteiger partial charge in [-0.15, -0.1) is 0 Å². The zero-order valence-electron chi connectivity index (χ0n) is 13.8. The molecule has 0 saturated carbocycles. The van der Waals surface area contributed by atoms with Crippen molar-refractivity contribution in [3.05, 3.63) is 35.4 Å². The highest BCUT2D eigenvalue weighted by Crippen LogP contribution is 2.10. The molecule has 2 rings (SSSR count). The molecule has 1 aliphatic rings. The van der Waals surface area contributed by atoms with Crippen molar-refractivity contribution in [1.82, 2.24) is 4.90 Å². The molecule has 24 heavy (non-hydrogen) atoms. The first-order valence-corrected chi connectivity index (χ1v) is 8.22. The lowest BCUT2D eigenvalue weighted by Gasteiger charge is -2.22. The smallest absolute Gasteiger partial charge is 0.126 e. The van der Waals surface area contributed by atoms with E-state index in [4.69, 9.17) is 18.9 Å². The van der Waals surface area contributed by atoms with Gasteiger partial charge in [0.05, 0.1) is 52.9 Å². The Morgan fingerprint density at radius 1 is 0.667 bits per heavy atom. The van der Waals surface area contributed by atoms with Crippen LogP contribution in [0.1, 0.15) is 5.56 Å². The van der Waals surface area contributed by atoms with Crippen LogP contribution in [0.4, 0.5) is 8.78 Å². The maximum absolute atomic E-state index is 13.3. The third-order valence-corrected chi connectivity index (χ3v) is 3.55. The van der Waals surface area contributed by atoms with Gasteiger partial charge in [0.25, 0.3) is 0 Å². The minimum atomic E-state index is -0.565. The van der Waals surface area contributed by atoms with Gasteiger partial charge in [-0.05, 0) is 17.7 Å². The van der Waals surface area contributed by atoms with Gasteiger partial charge in [-0.25, -0.2) is 8.78 Å². The molecule has 0 unspecified atom stereocenters. The van der Waals surface area contributed by atoms with Crippen LogP contribution in [-0.4, -0.2) is 70.8 Å². The predicted octanol–water partition coefficient (Wildman–Crippen LogP) is 1.85. The quantitative estimate of drug-likeness (QED) is 0.818. The highest BCUT2D eigenvalue weighted by atomic mass is 19.1. The lowest BCUT2D eigenvalue weighted by atomic mass is 10.2. The van der Waals surface area contributed by atoms with Crippen LogP contribution in [0.2, 0.25) is 0 Å². The molecule has 1 aliphatic heterocycles. The Kier molecular flexibility index (Phi) is 9.15. The summed E-state index contributed by atoms with van der Waals surface area (Å²) in [5.74, 6) is -1.13. The molecule has 0 N–H and O–H groups in total. The molecule has 1 aromatic rings. The minimum Gasteiger partial charge on any atom is -0.378 e. The Morgan fingerprint density at radius 2 is 1.08 bits per heavy atom. The van der Waals surface area contributed by atoms with Gasteiger partial charge in [-0.2, -0.15) is 0 Å². The highest BCUT2D eigenvalue weighted by molar-refractivity contribution is 5.17. The third-order valence-electron chi connectivity index (χ3n) is 3.55. The summed E-state index contributed by atoms with van der Waals surface area (Å²) in [5.41, 5.74) is 0.595. The van der Waals surface area contributed by atoms with Crippen molar-refractivity contribution in [1.29, 1.82) is 0 Å². The van der Waals surface area contributed by atoms with Crippen molar-refractivity contribution in [2.45, 2.75) is 6.54 Å². The molecule has 0 aromatic heterocycles. The Hall–Kier alpha value is -1.12. The fraction of sp³-hybridized carbons (Fsp3) is 0.647. The molecule has 0 amide bonds. The van der Waals surface area contributed by atoms with Crippen molar-refractivity contribution in [3.8, 4) is 0 Å². The average molecular weight is 345 g/mol. The maximum atomic E-state index is 13.3. The third kappa shape index (κ3) is 8.12. The fourth-order valence-corrected chi connectivity index (χ4v) is 2.38. The molecule has 1 fully saturated rings. The Balaban J connectivity index is 1.86. The molecular weight excluding hydrogens is 320 g/mol. The van der Waals surface area contributed by atoms with Crippen molar-refractivity contribution in [2.24, 2.45) is 0 Å². The van der Waals surface area contributed by atoms with Gasteiger partial charge in [-0.3, -0.25) is 4.90 Å². The van der Waals surface area contributed by atoms with Crippen molar-refractivity contribution >= 4 is 0 Å². The summed E-state index contributed by atoms with van der Waals surface area (Å²) < 4.78 is 48.5. The number of hydrogen-bond acceptors (Lipinski definition) is 5. The largest absolute Gasteiger partial charge is 0.378 e. The first-order valence-electron chi connectivity index (χ1n) is 8.22. The number of halogens is 2. The topological polar surface area (TPSA) is 40.2 Å². The summed E-state index contributed by atoms with van der Waals surface area (Å²) in [5, 5.41) is 0. The highest BCUT2D eigenvalue weighted by Gasteiger charge is 2.09.